The lowest BCUT2D eigenvalue weighted by Crippen LogP contribution is -2.49. The van der Waals surface area contributed by atoms with Gasteiger partial charge in [-0.25, -0.2) is 19.7 Å². The zero-order chi connectivity index (χ0) is 40.6. The van der Waals surface area contributed by atoms with Crippen molar-refractivity contribution < 1.29 is 28.7 Å². The van der Waals surface area contributed by atoms with Gasteiger partial charge in [0, 0.05) is 62.3 Å². The Kier molecular flexibility index (Phi) is 10.6. The molecule has 2 saturated heterocycles. The molecule has 2 aromatic heterocycles. The smallest absolute Gasteiger partial charge is 0.415 e. The van der Waals surface area contributed by atoms with Gasteiger partial charge in [0.25, 0.3) is 0 Å². The predicted molar refractivity (Wildman–Crippen MR) is 219 cm³/mol. The number of amides is 4. The van der Waals surface area contributed by atoms with E-state index in [0.29, 0.717) is 69.6 Å². The van der Waals surface area contributed by atoms with Gasteiger partial charge in [-0.15, -0.1) is 0 Å². The van der Waals surface area contributed by atoms with Gasteiger partial charge in [0.05, 0.1) is 43.0 Å². The Bertz CT molecular complexity index is 2220. The summed E-state index contributed by atoms with van der Waals surface area (Å²) in [5.41, 5.74) is 7.50. The maximum Gasteiger partial charge on any atom is 0.415 e. The third kappa shape index (κ3) is 8.38. The van der Waals surface area contributed by atoms with Crippen LogP contribution in [-0.2, 0) is 38.5 Å². The minimum Gasteiger partial charge on any atom is -0.474 e. The van der Waals surface area contributed by atoms with Crippen molar-refractivity contribution in [3.8, 4) is 5.88 Å². The molecule has 4 amide bonds. The lowest BCUT2D eigenvalue weighted by atomic mass is 9.90. The number of carbonyl (C=O) groups excluding carboxylic acids is 4. The number of piperidine rings is 1. The Morgan fingerprint density at radius 1 is 0.914 bits per heavy atom. The van der Waals surface area contributed by atoms with Crippen molar-refractivity contribution in [2.45, 2.75) is 71.4 Å². The fraction of sp³-hybridized carbons (Fsp3) is 0.419. The third-order valence-corrected chi connectivity index (χ3v) is 11.1. The van der Waals surface area contributed by atoms with Crippen molar-refractivity contribution in [1.82, 2.24) is 25.2 Å². The van der Waals surface area contributed by atoms with Crippen LogP contribution in [0.1, 0.15) is 67.5 Å². The average molecular weight is 788 g/mol. The molecule has 2 aromatic carbocycles. The maximum atomic E-state index is 13.3. The van der Waals surface area contributed by atoms with Crippen molar-refractivity contribution in [2.24, 2.45) is 0 Å². The Balaban J connectivity index is 0.849. The van der Waals surface area contributed by atoms with E-state index in [1.165, 1.54) is 0 Å². The minimum atomic E-state index is -0.629. The van der Waals surface area contributed by atoms with E-state index < -0.39 is 11.7 Å². The molecule has 1 atom stereocenters. The summed E-state index contributed by atoms with van der Waals surface area (Å²) >= 11 is 0. The molecule has 4 aromatic rings. The fourth-order valence-electron chi connectivity index (χ4n) is 7.98. The number of ether oxygens (including phenoxy) is 2. The van der Waals surface area contributed by atoms with Gasteiger partial charge in [-0.1, -0.05) is 24.3 Å². The van der Waals surface area contributed by atoms with Crippen LogP contribution in [0.5, 0.6) is 5.88 Å². The second kappa shape index (κ2) is 15.9. The highest BCUT2D eigenvalue weighted by Crippen LogP contribution is 2.40. The van der Waals surface area contributed by atoms with Crippen molar-refractivity contribution in [1.29, 1.82) is 0 Å². The van der Waals surface area contributed by atoms with Gasteiger partial charge in [0.15, 0.2) is 0 Å². The van der Waals surface area contributed by atoms with Gasteiger partial charge in [-0.3, -0.25) is 24.6 Å². The van der Waals surface area contributed by atoms with Gasteiger partial charge >= 0.3 is 6.09 Å². The molecule has 15 heteroatoms. The number of piperazine rings is 1. The molecule has 8 rings (SSSR count). The van der Waals surface area contributed by atoms with Gasteiger partial charge in [-0.05, 0) is 81.5 Å². The molecule has 0 aliphatic carbocycles. The topological polar surface area (TPSA) is 162 Å². The molecule has 1 unspecified atom stereocenters. The predicted octanol–water partition coefficient (Wildman–Crippen LogP) is 5.03. The number of pyridine rings is 1. The van der Waals surface area contributed by atoms with E-state index in [2.05, 4.69) is 30.4 Å². The second-order valence-electron chi connectivity index (χ2n) is 16.2. The highest BCUT2D eigenvalue weighted by Gasteiger charge is 2.33. The minimum absolute atomic E-state index is 0.0885. The first-order valence-electron chi connectivity index (χ1n) is 19.9. The lowest BCUT2D eigenvalue weighted by Gasteiger charge is -2.36. The molecular weight excluding hydrogens is 739 g/mol. The van der Waals surface area contributed by atoms with Crippen LogP contribution in [0.2, 0.25) is 0 Å². The van der Waals surface area contributed by atoms with E-state index in [1.54, 1.807) is 11.1 Å². The summed E-state index contributed by atoms with van der Waals surface area (Å²) in [6, 6.07) is 15.8. The van der Waals surface area contributed by atoms with Crippen molar-refractivity contribution in [3.05, 3.63) is 88.9 Å². The molecule has 4 aliphatic rings. The summed E-state index contributed by atoms with van der Waals surface area (Å²) in [5, 5.41) is 5.76. The quantitative estimate of drug-likeness (QED) is 0.241. The largest absolute Gasteiger partial charge is 0.474 e. The summed E-state index contributed by atoms with van der Waals surface area (Å²) in [5.74, 6) is 0.247. The van der Waals surface area contributed by atoms with Gasteiger partial charge in [0.1, 0.15) is 17.9 Å². The maximum absolute atomic E-state index is 13.3. The van der Waals surface area contributed by atoms with E-state index in [4.69, 9.17) is 14.5 Å². The Morgan fingerprint density at radius 2 is 1.67 bits per heavy atom. The summed E-state index contributed by atoms with van der Waals surface area (Å²) in [7, 11) is 0. The van der Waals surface area contributed by atoms with Gasteiger partial charge < -0.3 is 29.5 Å². The number of nitrogens with one attached hydrogen (secondary N) is 2. The number of imide groups is 1. The number of carbonyl (C=O) groups is 4. The van der Waals surface area contributed by atoms with Crippen LogP contribution in [0, 0.1) is 6.92 Å². The normalized spacial score (nSPS) is 18.2. The molecule has 0 radical (unpaired) electrons. The van der Waals surface area contributed by atoms with E-state index in [1.807, 2.05) is 87.3 Å². The average Bonchev–Trinajstić information content (AvgIpc) is 3.21. The highest BCUT2D eigenvalue weighted by atomic mass is 16.6. The van der Waals surface area contributed by atoms with E-state index in [9.17, 15) is 19.2 Å². The number of benzene rings is 2. The molecule has 302 valence electrons. The van der Waals surface area contributed by atoms with Crippen LogP contribution < -0.4 is 30.1 Å². The number of nitrogens with zero attached hydrogens (tertiary/aromatic N) is 7. The van der Waals surface area contributed by atoms with Gasteiger partial charge in [-0.2, -0.15) is 0 Å². The van der Waals surface area contributed by atoms with Crippen LogP contribution in [0.4, 0.5) is 33.5 Å². The van der Waals surface area contributed by atoms with E-state index >= 15 is 0 Å². The highest BCUT2D eigenvalue weighted by molar-refractivity contribution is 6.01. The van der Waals surface area contributed by atoms with Gasteiger partial charge in [0.2, 0.25) is 29.5 Å². The van der Waals surface area contributed by atoms with Crippen LogP contribution >= 0.6 is 0 Å². The van der Waals surface area contributed by atoms with E-state index in [0.717, 1.165) is 71.1 Å². The lowest BCUT2D eigenvalue weighted by molar-refractivity contribution is -0.134. The standard InChI is InChI=1S/C43H49N9O6/c1-27-35(25-44-40-38(27)52(21-22-57-40)42(56)58-43(2,3)4)51-16-15-30-24-45-41(47-34(30)26-51)46-31-9-5-28(6-10-31)23-37(54)50-19-17-49(18-20-50)32-11-7-29(8-12-32)33-13-14-36(53)48-39(33)55/h5-12,24-25,33H,13-23,26H2,1-4H3,(H,45,46,47)(H,48,53,55). The van der Waals surface area contributed by atoms with E-state index in [-0.39, 0.29) is 23.6 Å². The second-order valence-corrected chi connectivity index (χ2v) is 16.2. The van der Waals surface area contributed by atoms with Crippen LogP contribution in [0.15, 0.2) is 60.9 Å². The van der Waals surface area contributed by atoms with Crippen LogP contribution in [0.3, 0.4) is 0 Å². The first-order chi connectivity index (χ1) is 27.9. The zero-order valence-corrected chi connectivity index (χ0v) is 33.4. The van der Waals surface area contributed by atoms with Crippen LogP contribution in [-0.4, -0.2) is 95.1 Å². The molecule has 2 N–H and O–H groups in total. The number of hydrogen-bond acceptors (Lipinski definition) is 12. The molecule has 0 bridgehead atoms. The Hall–Kier alpha value is -6.25. The molecule has 2 fully saturated rings. The first kappa shape index (κ1) is 38.6. The molecule has 6 heterocycles. The monoisotopic (exact) mass is 787 g/mol. The Labute approximate surface area is 337 Å². The van der Waals surface area contributed by atoms with Crippen molar-refractivity contribution in [2.75, 3.05) is 65.9 Å². The molecule has 0 saturated carbocycles. The summed E-state index contributed by atoms with van der Waals surface area (Å²) in [6.07, 6.45) is 5.21. The molecule has 58 heavy (non-hydrogen) atoms. The summed E-state index contributed by atoms with van der Waals surface area (Å²) < 4.78 is 11.5. The zero-order valence-electron chi connectivity index (χ0n) is 33.4. The molecule has 15 nitrogen and oxygen atoms in total. The SMILES string of the molecule is Cc1c(N2CCc3cnc(Nc4ccc(CC(=O)N5CCN(c6ccc(C7CCC(=O)NC7=O)cc6)CC5)cc4)nc3C2)cnc2c1N(C(=O)OC(C)(C)C)CCO2. The summed E-state index contributed by atoms with van der Waals surface area (Å²) in [6.45, 7) is 12.2. The van der Waals surface area contributed by atoms with Crippen LogP contribution in [0.25, 0.3) is 0 Å². The molecular formula is C43H49N9O6. The first-order valence-corrected chi connectivity index (χ1v) is 19.9. The number of hydrogen-bond donors (Lipinski definition) is 2. The molecule has 4 aliphatic heterocycles. The fourth-order valence-corrected chi connectivity index (χ4v) is 7.98. The number of anilines is 5. The van der Waals surface area contributed by atoms with Crippen molar-refractivity contribution >= 4 is 52.5 Å². The number of fused-ring (bicyclic) bond motifs is 2. The number of aromatic nitrogens is 3. The molecule has 0 spiro atoms. The summed E-state index contributed by atoms with van der Waals surface area (Å²) in [4.78, 5) is 72.3. The van der Waals surface area contributed by atoms with Crippen molar-refractivity contribution in [3.63, 3.8) is 0 Å². The Morgan fingerprint density at radius 3 is 2.40 bits per heavy atom. The third-order valence-electron chi connectivity index (χ3n) is 11.1. The number of rotatable bonds is 7.